The van der Waals surface area contributed by atoms with Gasteiger partial charge >= 0.3 is 0 Å². The molecule has 0 fully saturated rings. The molecule has 0 spiro atoms. The highest BCUT2D eigenvalue weighted by molar-refractivity contribution is 5.40. The van der Waals surface area contributed by atoms with Gasteiger partial charge in [0, 0.05) is 5.41 Å². The van der Waals surface area contributed by atoms with E-state index in [1.165, 1.54) is 11.1 Å². The van der Waals surface area contributed by atoms with Crippen LogP contribution in [0.25, 0.3) is 0 Å². The van der Waals surface area contributed by atoms with E-state index in [-0.39, 0.29) is 5.41 Å². The van der Waals surface area contributed by atoms with Gasteiger partial charge in [-0.1, -0.05) is 103 Å². The average molecular weight is 272 g/mol. The van der Waals surface area contributed by atoms with E-state index >= 15 is 0 Å². The predicted molar refractivity (Wildman–Crippen MR) is 95.3 cm³/mol. The predicted octanol–water partition coefficient (Wildman–Crippen LogP) is 6.71. The monoisotopic (exact) mass is 272 g/mol. The number of rotatable bonds is 4. The molecule has 0 bridgehead atoms. The van der Waals surface area contributed by atoms with Crippen LogP contribution in [0.2, 0.25) is 0 Å². The second-order valence-corrected chi connectivity index (χ2v) is 4.34. The molecule has 20 heavy (non-hydrogen) atoms. The topological polar surface area (TPSA) is 0 Å². The summed E-state index contributed by atoms with van der Waals surface area (Å²) in [4.78, 5) is 0. The molecule has 1 rings (SSSR count). The van der Waals surface area contributed by atoms with Crippen LogP contribution < -0.4 is 0 Å². The minimum Gasteiger partial charge on any atom is -0.0988 e. The molecule has 0 aliphatic heterocycles. The summed E-state index contributed by atoms with van der Waals surface area (Å²) in [7, 11) is 0. The van der Waals surface area contributed by atoms with Gasteiger partial charge in [0.25, 0.3) is 0 Å². The van der Waals surface area contributed by atoms with Gasteiger partial charge in [-0.2, -0.15) is 0 Å². The third-order valence-corrected chi connectivity index (χ3v) is 2.91. The van der Waals surface area contributed by atoms with E-state index in [1.54, 1.807) is 0 Å². The fourth-order valence-corrected chi connectivity index (χ4v) is 1.75. The molecule has 0 N–H and O–H groups in total. The van der Waals surface area contributed by atoms with Gasteiger partial charge in [-0.05, 0) is 18.1 Å². The van der Waals surface area contributed by atoms with E-state index in [0.717, 1.165) is 0 Å². The van der Waals surface area contributed by atoms with E-state index < -0.39 is 0 Å². The molecular formula is C20H32. The van der Waals surface area contributed by atoms with Crippen molar-refractivity contribution < 1.29 is 0 Å². The maximum absolute atomic E-state index is 3.90. The normalized spacial score (nSPS) is 11.1. The van der Waals surface area contributed by atoms with E-state index in [0.29, 0.717) is 0 Å². The second-order valence-electron chi connectivity index (χ2n) is 4.34. The van der Waals surface area contributed by atoms with Crippen LogP contribution in [-0.2, 0) is 5.41 Å². The first-order chi connectivity index (χ1) is 9.62. The fourth-order valence-electron chi connectivity index (χ4n) is 1.75. The summed E-state index contributed by atoms with van der Waals surface area (Å²) in [5.74, 6) is 0. The highest BCUT2D eigenvalue weighted by Crippen LogP contribution is 2.31. The summed E-state index contributed by atoms with van der Waals surface area (Å²) < 4.78 is 0. The van der Waals surface area contributed by atoms with Gasteiger partial charge < -0.3 is 0 Å². The summed E-state index contributed by atoms with van der Waals surface area (Å²) in [5, 5.41) is 0. The van der Waals surface area contributed by atoms with Crippen molar-refractivity contribution in [1.82, 2.24) is 0 Å². The van der Waals surface area contributed by atoms with Crippen LogP contribution in [0.5, 0.6) is 0 Å². The van der Waals surface area contributed by atoms with Crippen LogP contribution in [0.4, 0.5) is 0 Å². The number of benzene rings is 1. The standard InChI is InChI=1S/C16H20.2C2H6/c1-5-7-11-14(6-2)16(3,4)15-12-9-8-10-13-15;2*1-2/h5-13H,2H2,1,3-4H3;2*1-2H3/b7-5-,14-11+;;. The van der Waals surface area contributed by atoms with Crippen molar-refractivity contribution in [2.45, 2.75) is 53.9 Å². The highest BCUT2D eigenvalue weighted by Gasteiger charge is 2.22. The Hall–Kier alpha value is -1.56. The fraction of sp³-hybridized carbons (Fsp3) is 0.400. The smallest absolute Gasteiger partial charge is 0.0146 e. The van der Waals surface area contributed by atoms with E-state index in [2.05, 4.69) is 56.8 Å². The molecule has 0 heteroatoms. The lowest BCUT2D eigenvalue weighted by atomic mass is 9.77. The van der Waals surface area contributed by atoms with Crippen molar-refractivity contribution >= 4 is 0 Å². The van der Waals surface area contributed by atoms with Crippen LogP contribution in [0.3, 0.4) is 0 Å². The first-order valence-electron chi connectivity index (χ1n) is 7.64. The van der Waals surface area contributed by atoms with Crippen molar-refractivity contribution in [3.63, 3.8) is 0 Å². The Morgan fingerprint density at radius 2 is 1.50 bits per heavy atom. The number of hydrogen-bond donors (Lipinski definition) is 0. The lowest BCUT2D eigenvalue weighted by Crippen LogP contribution is -2.19. The Labute approximate surface area is 126 Å². The molecule has 0 amide bonds. The summed E-state index contributed by atoms with van der Waals surface area (Å²) in [5.41, 5.74) is 2.55. The van der Waals surface area contributed by atoms with Crippen molar-refractivity contribution in [2.75, 3.05) is 0 Å². The van der Waals surface area contributed by atoms with Crippen LogP contribution in [0.15, 0.2) is 66.8 Å². The second kappa shape index (κ2) is 12.5. The lowest BCUT2D eigenvalue weighted by molar-refractivity contribution is 0.639. The third-order valence-electron chi connectivity index (χ3n) is 2.91. The summed E-state index contributed by atoms with van der Waals surface area (Å²) in [6, 6.07) is 10.5. The van der Waals surface area contributed by atoms with Gasteiger partial charge in [0.1, 0.15) is 0 Å². The number of hydrogen-bond acceptors (Lipinski definition) is 0. The zero-order valence-electron chi connectivity index (χ0n) is 14.4. The first-order valence-corrected chi connectivity index (χ1v) is 7.64. The molecule has 0 atom stereocenters. The van der Waals surface area contributed by atoms with Crippen LogP contribution in [-0.4, -0.2) is 0 Å². The minimum absolute atomic E-state index is 0.00250. The molecule has 0 nitrogen and oxygen atoms in total. The van der Waals surface area contributed by atoms with Gasteiger partial charge in [0.2, 0.25) is 0 Å². The Morgan fingerprint density at radius 1 is 1.00 bits per heavy atom. The van der Waals surface area contributed by atoms with Crippen molar-refractivity contribution in [3.8, 4) is 0 Å². The zero-order chi connectivity index (χ0) is 16.0. The number of allylic oxidation sites excluding steroid dienone is 5. The quantitative estimate of drug-likeness (QED) is 0.535. The molecule has 0 aliphatic carbocycles. The Morgan fingerprint density at radius 3 is 1.90 bits per heavy atom. The van der Waals surface area contributed by atoms with Gasteiger partial charge in [-0.15, -0.1) is 0 Å². The lowest BCUT2D eigenvalue weighted by Gasteiger charge is -2.26. The van der Waals surface area contributed by atoms with Gasteiger partial charge in [0.05, 0.1) is 0 Å². The van der Waals surface area contributed by atoms with Gasteiger partial charge in [-0.25, -0.2) is 0 Å². The molecule has 0 aliphatic rings. The molecular weight excluding hydrogens is 240 g/mol. The maximum Gasteiger partial charge on any atom is 0.0146 e. The molecule has 0 heterocycles. The average Bonchev–Trinajstić information content (AvgIpc) is 2.52. The van der Waals surface area contributed by atoms with Gasteiger partial charge in [0.15, 0.2) is 0 Å². The summed E-state index contributed by atoms with van der Waals surface area (Å²) in [6.45, 7) is 18.4. The largest absolute Gasteiger partial charge is 0.0988 e. The minimum atomic E-state index is 0.00250. The highest BCUT2D eigenvalue weighted by atomic mass is 14.3. The molecule has 0 saturated heterocycles. The molecule has 112 valence electrons. The van der Waals surface area contributed by atoms with Crippen LogP contribution >= 0.6 is 0 Å². The Kier molecular flexibility index (Phi) is 12.9. The molecule has 1 aromatic carbocycles. The van der Waals surface area contributed by atoms with Crippen molar-refractivity contribution in [1.29, 1.82) is 0 Å². The molecule has 0 radical (unpaired) electrons. The zero-order valence-corrected chi connectivity index (χ0v) is 14.4. The third kappa shape index (κ3) is 6.56. The first kappa shape index (κ1) is 20.8. The van der Waals surface area contributed by atoms with E-state index in [4.69, 9.17) is 0 Å². The molecule has 0 unspecified atom stereocenters. The molecule has 0 saturated carbocycles. The SMILES string of the molecule is C=C/C(=C\C=C/C)C(C)(C)c1ccccc1.CC.CC. The summed E-state index contributed by atoms with van der Waals surface area (Å²) in [6.07, 6.45) is 8.15. The van der Waals surface area contributed by atoms with Gasteiger partial charge in [-0.3, -0.25) is 0 Å². The van der Waals surface area contributed by atoms with Crippen LogP contribution in [0, 0.1) is 0 Å². The van der Waals surface area contributed by atoms with Crippen molar-refractivity contribution in [2.24, 2.45) is 0 Å². The molecule has 1 aromatic rings. The Balaban J connectivity index is 0. The molecule has 0 aromatic heterocycles. The summed E-state index contributed by atoms with van der Waals surface area (Å²) >= 11 is 0. The van der Waals surface area contributed by atoms with Crippen molar-refractivity contribution in [3.05, 3.63) is 72.4 Å². The van der Waals surface area contributed by atoms with E-state index in [1.807, 2.05) is 52.8 Å². The van der Waals surface area contributed by atoms with E-state index in [9.17, 15) is 0 Å². The Bertz CT molecular complexity index is 391. The maximum atomic E-state index is 3.90. The van der Waals surface area contributed by atoms with Crippen LogP contribution in [0.1, 0.15) is 54.0 Å².